The molecule has 1 aromatic heterocycles. The van der Waals surface area contributed by atoms with E-state index in [2.05, 4.69) is 22.2 Å². The third-order valence-electron chi connectivity index (χ3n) is 3.61. The summed E-state index contributed by atoms with van der Waals surface area (Å²) in [6.45, 7) is 6.96. The molecule has 0 aromatic carbocycles. The molecule has 6 heteroatoms. The fraction of sp³-hybridized carbons (Fsp3) is 0.714. The summed E-state index contributed by atoms with van der Waals surface area (Å²) in [5, 5.41) is 3.41. The molecular weight excluding hydrogens is 258 g/mol. The Bertz CT molecular complexity index is 422. The van der Waals surface area contributed by atoms with Crippen molar-refractivity contribution in [2.75, 3.05) is 27.9 Å². The summed E-state index contributed by atoms with van der Waals surface area (Å²) in [5.41, 5.74) is 0.327. The van der Waals surface area contributed by atoms with Crippen molar-refractivity contribution in [3.8, 4) is 11.8 Å². The molecule has 0 aliphatic rings. The van der Waals surface area contributed by atoms with E-state index >= 15 is 0 Å². The van der Waals surface area contributed by atoms with Gasteiger partial charge in [-0.2, -0.15) is 4.98 Å². The van der Waals surface area contributed by atoms with Crippen LogP contribution in [-0.4, -0.2) is 43.4 Å². The van der Waals surface area contributed by atoms with Gasteiger partial charge in [0.15, 0.2) is 0 Å². The van der Waals surface area contributed by atoms with E-state index in [0.717, 1.165) is 18.7 Å². The molecule has 0 saturated carbocycles. The van der Waals surface area contributed by atoms with Crippen LogP contribution in [0.25, 0.3) is 0 Å². The van der Waals surface area contributed by atoms with Crippen LogP contribution in [0.3, 0.4) is 0 Å². The zero-order valence-electron chi connectivity index (χ0n) is 13.2. The van der Waals surface area contributed by atoms with Gasteiger partial charge < -0.3 is 19.5 Å². The smallest absolute Gasteiger partial charge is 0.240 e. The predicted octanol–water partition coefficient (Wildman–Crippen LogP) is 1.96. The van der Waals surface area contributed by atoms with E-state index in [0.29, 0.717) is 11.8 Å². The molecule has 0 aliphatic heterocycles. The molecule has 114 valence electrons. The number of likely N-dealkylation sites (N-methyl/N-ethyl adjacent to an activating group) is 1. The first kappa shape index (κ1) is 16.7. The average Bonchev–Trinajstić information content (AvgIpc) is 2.51. The summed E-state index contributed by atoms with van der Waals surface area (Å²) >= 11 is 0. The first-order chi connectivity index (χ1) is 9.56. The van der Waals surface area contributed by atoms with Crippen molar-refractivity contribution in [2.24, 2.45) is 0 Å². The van der Waals surface area contributed by atoms with E-state index in [9.17, 15) is 0 Å². The van der Waals surface area contributed by atoms with Crippen LogP contribution >= 0.6 is 0 Å². The zero-order valence-corrected chi connectivity index (χ0v) is 13.2. The Morgan fingerprint density at radius 1 is 1.25 bits per heavy atom. The molecule has 0 amide bonds. The van der Waals surface area contributed by atoms with Gasteiger partial charge >= 0.3 is 0 Å². The standard InChI is InChI=1S/C14H25N3O3/c1-7-14(3,20-6)12(15-8-2)11-13(19-5)17-10(18-4)9-16-11/h9,12,15H,7-8H2,1-6H3. The van der Waals surface area contributed by atoms with E-state index in [1.165, 1.54) is 0 Å². The molecule has 2 atom stereocenters. The minimum atomic E-state index is -0.396. The number of aromatic nitrogens is 2. The number of ether oxygens (including phenoxy) is 3. The Morgan fingerprint density at radius 3 is 2.40 bits per heavy atom. The van der Waals surface area contributed by atoms with Crippen molar-refractivity contribution in [3.05, 3.63) is 11.9 Å². The number of nitrogens with zero attached hydrogens (tertiary/aromatic N) is 2. The molecular formula is C14H25N3O3. The van der Waals surface area contributed by atoms with Crippen molar-refractivity contribution >= 4 is 0 Å². The highest BCUT2D eigenvalue weighted by molar-refractivity contribution is 5.28. The van der Waals surface area contributed by atoms with E-state index in [1.54, 1.807) is 27.5 Å². The van der Waals surface area contributed by atoms with Gasteiger partial charge in [0, 0.05) is 7.11 Å². The fourth-order valence-electron chi connectivity index (χ4n) is 2.08. The average molecular weight is 283 g/mol. The van der Waals surface area contributed by atoms with Crippen LogP contribution in [0.1, 0.15) is 38.9 Å². The highest BCUT2D eigenvalue weighted by atomic mass is 16.5. The van der Waals surface area contributed by atoms with Gasteiger partial charge in [0.1, 0.15) is 5.69 Å². The van der Waals surface area contributed by atoms with Gasteiger partial charge in [0.25, 0.3) is 0 Å². The lowest BCUT2D eigenvalue weighted by Gasteiger charge is -2.36. The summed E-state index contributed by atoms with van der Waals surface area (Å²) in [7, 11) is 4.83. The molecule has 0 aliphatic carbocycles. The summed E-state index contributed by atoms with van der Waals surface area (Å²) in [5.74, 6) is 0.878. The SMILES string of the molecule is CCNC(c1ncc(OC)nc1OC)C(C)(CC)OC. The van der Waals surface area contributed by atoms with Gasteiger partial charge in [-0.1, -0.05) is 13.8 Å². The monoisotopic (exact) mass is 283 g/mol. The second-order valence-corrected chi connectivity index (χ2v) is 4.67. The fourth-order valence-corrected chi connectivity index (χ4v) is 2.08. The minimum absolute atomic E-state index is 0.115. The highest BCUT2D eigenvalue weighted by Gasteiger charge is 2.36. The van der Waals surface area contributed by atoms with Crippen molar-refractivity contribution < 1.29 is 14.2 Å². The summed E-state index contributed by atoms with van der Waals surface area (Å²) in [6, 6.07) is -0.115. The first-order valence-electron chi connectivity index (χ1n) is 6.79. The van der Waals surface area contributed by atoms with Crippen LogP contribution in [0.5, 0.6) is 11.8 Å². The third-order valence-corrected chi connectivity index (χ3v) is 3.61. The van der Waals surface area contributed by atoms with Crippen LogP contribution in [0.2, 0.25) is 0 Å². The molecule has 6 nitrogen and oxygen atoms in total. The third kappa shape index (κ3) is 3.37. The maximum Gasteiger partial charge on any atom is 0.240 e. The van der Waals surface area contributed by atoms with E-state index in [4.69, 9.17) is 14.2 Å². The zero-order chi connectivity index (χ0) is 15.2. The maximum absolute atomic E-state index is 5.70. The molecule has 1 rings (SSSR count). The van der Waals surface area contributed by atoms with Gasteiger partial charge in [0.2, 0.25) is 11.8 Å². The van der Waals surface area contributed by atoms with E-state index < -0.39 is 5.60 Å². The van der Waals surface area contributed by atoms with Crippen LogP contribution in [0.4, 0.5) is 0 Å². The summed E-state index contributed by atoms with van der Waals surface area (Å²) in [4.78, 5) is 8.74. The highest BCUT2D eigenvalue weighted by Crippen LogP contribution is 2.34. The molecule has 0 saturated heterocycles. The van der Waals surface area contributed by atoms with Crippen molar-refractivity contribution in [1.29, 1.82) is 0 Å². The summed E-state index contributed by atoms with van der Waals surface area (Å²) in [6.07, 6.45) is 2.42. The Balaban J connectivity index is 3.27. The van der Waals surface area contributed by atoms with Gasteiger partial charge in [-0.25, -0.2) is 4.98 Å². The molecule has 1 N–H and O–H groups in total. The molecule has 2 unspecified atom stereocenters. The number of hydrogen-bond donors (Lipinski definition) is 1. The molecule has 0 radical (unpaired) electrons. The maximum atomic E-state index is 5.70. The quantitative estimate of drug-likeness (QED) is 0.786. The minimum Gasteiger partial charge on any atom is -0.480 e. The normalized spacial score (nSPS) is 15.5. The first-order valence-corrected chi connectivity index (χ1v) is 6.79. The van der Waals surface area contributed by atoms with Gasteiger partial charge in [-0.05, 0) is 19.9 Å². The van der Waals surface area contributed by atoms with Crippen LogP contribution < -0.4 is 14.8 Å². The van der Waals surface area contributed by atoms with Gasteiger partial charge in [-0.3, -0.25) is 0 Å². The second kappa shape index (κ2) is 7.40. The van der Waals surface area contributed by atoms with Crippen molar-refractivity contribution in [2.45, 2.75) is 38.8 Å². The second-order valence-electron chi connectivity index (χ2n) is 4.67. The Hall–Kier alpha value is -1.40. The number of methoxy groups -OCH3 is 3. The van der Waals surface area contributed by atoms with Crippen LogP contribution in [-0.2, 0) is 4.74 Å². The lowest BCUT2D eigenvalue weighted by atomic mass is 9.90. The Labute approximate surface area is 120 Å². The topological polar surface area (TPSA) is 65.5 Å². The van der Waals surface area contributed by atoms with E-state index in [-0.39, 0.29) is 6.04 Å². The molecule has 0 fully saturated rings. The molecule has 1 aromatic rings. The molecule has 1 heterocycles. The lowest BCUT2D eigenvalue weighted by Crippen LogP contribution is -2.43. The molecule has 0 spiro atoms. The lowest BCUT2D eigenvalue weighted by molar-refractivity contribution is -0.0314. The van der Waals surface area contributed by atoms with Crippen molar-refractivity contribution in [3.63, 3.8) is 0 Å². The van der Waals surface area contributed by atoms with Gasteiger partial charge in [-0.15, -0.1) is 0 Å². The Morgan fingerprint density at radius 2 is 1.95 bits per heavy atom. The van der Waals surface area contributed by atoms with Crippen LogP contribution in [0.15, 0.2) is 6.20 Å². The van der Waals surface area contributed by atoms with Crippen molar-refractivity contribution in [1.82, 2.24) is 15.3 Å². The number of rotatable bonds is 8. The van der Waals surface area contributed by atoms with Crippen LogP contribution in [0, 0.1) is 0 Å². The van der Waals surface area contributed by atoms with Gasteiger partial charge in [0.05, 0.1) is 32.1 Å². The Kier molecular flexibility index (Phi) is 6.16. The molecule has 0 bridgehead atoms. The number of nitrogens with one attached hydrogen (secondary N) is 1. The predicted molar refractivity (Wildman–Crippen MR) is 77.3 cm³/mol. The number of hydrogen-bond acceptors (Lipinski definition) is 6. The molecule has 20 heavy (non-hydrogen) atoms. The largest absolute Gasteiger partial charge is 0.480 e. The van der Waals surface area contributed by atoms with E-state index in [1.807, 2.05) is 13.8 Å². The summed E-state index contributed by atoms with van der Waals surface area (Å²) < 4.78 is 16.1.